The highest BCUT2D eigenvalue weighted by atomic mass is 79.9. The van der Waals surface area contributed by atoms with Gasteiger partial charge in [-0.1, -0.05) is 15.9 Å². The first-order valence-electron chi connectivity index (χ1n) is 5.09. The SMILES string of the molecule is CO[C@H](CBr)O[C@@H]1O[C@H](CO)[C@@H](O)[C@H](O)[C@H]1O. The van der Waals surface area contributed by atoms with Gasteiger partial charge in [0.05, 0.1) is 11.9 Å². The first-order valence-corrected chi connectivity index (χ1v) is 6.22. The van der Waals surface area contributed by atoms with E-state index in [2.05, 4.69) is 15.9 Å². The summed E-state index contributed by atoms with van der Waals surface area (Å²) in [5.41, 5.74) is 0. The van der Waals surface area contributed by atoms with E-state index in [0.717, 1.165) is 0 Å². The molecule has 4 N–H and O–H groups in total. The predicted octanol–water partition coefficient (Wildman–Crippen LogP) is -1.83. The molecule has 1 saturated heterocycles. The van der Waals surface area contributed by atoms with Crippen molar-refractivity contribution in [3.63, 3.8) is 0 Å². The lowest BCUT2D eigenvalue weighted by atomic mass is 9.99. The first kappa shape index (κ1) is 15.3. The van der Waals surface area contributed by atoms with Crippen LogP contribution in [0.1, 0.15) is 0 Å². The van der Waals surface area contributed by atoms with E-state index in [-0.39, 0.29) is 0 Å². The number of ether oxygens (including phenoxy) is 3. The maximum absolute atomic E-state index is 9.65. The molecule has 0 amide bonds. The largest absolute Gasteiger partial charge is 0.394 e. The zero-order valence-electron chi connectivity index (χ0n) is 9.27. The molecule has 0 bridgehead atoms. The van der Waals surface area contributed by atoms with Gasteiger partial charge in [0, 0.05) is 7.11 Å². The molecule has 0 aromatic heterocycles. The number of rotatable bonds is 5. The van der Waals surface area contributed by atoms with Crippen molar-refractivity contribution in [2.45, 2.75) is 37.0 Å². The van der Waals surface area contributed by atoms with E-state index in [4.69, 9.17) is 19.3 Å². The number of hydrogen-bond acceptors (Lipinski definition) is 7. The third kappa shape index (κ3) is 3.58. The molecule has 1 aliphatic heterocycles. The van der Waals surface area contributed by atoms with E-state index in [1.165, 1.54) is 7.11 Å². The summed E-state index contributed by atoms with van der Waals surface area (Å²) in [6, 6.07) is 0. The second-order valence-corrected chi connectivity index (χ2v) is 4.30. The Labute approximate surface area is 107 Å². The van der Waals surface area contributed by atoms with Crippen LogP contribution in [0.3, 0.4) is 0 Å². The molecule has 0 aliphatic carbocycles. The van der Waals surface area contributed by atoms with Crippen LogP contribution >= 0.6 is 15.9 Å². The molecule has 0 spiro atoms. The van der Waals surface area contributed by atoms with Crippen LogP contribution < -0.4 is 0 Å². The molecule has 8 heteroatoms. The third-order valence-electron chi connectivity index (χ3n) is 2.52. The van der Waals surface area contributed by atoms with Crippen molar-refractivity contribution in [3.8, 4) is 0 Å². The molecule has 1 heterocycles. The molecule has 7 nitrogen and oxygen atoms in total. The standard InChI is InChI=1S/C9H17BrO7/c1-15-5(2-10)17-9-8(14)7(13)6(12)4(3-11)16-9/h4-9,11-14H,2-3H2,1H3/t4-,5+,6-,7+,8-,9+/m1/s1. The van der Waals surface area contributed by atoms with Crippen LogP contribution in [0.4, 0.5) is 0 Å². The Morgan fingerprint density at radius 2 is 1.88 bits per heavy atom. The zero-order valence-corrected chi connectivity index (χ0v) is 10.9. The number of alkyl halides is 1. The van der Waals surface area contributed by atoms with E-state index in [9.17, 15) is 15.3 Å². The number of hydrogen-bond donors (Lipinski definition) is 4. The van der Waals surface area contributed by atoms with Gasteiger partial charge >= 0.3 is 0 Å². The molecular weight excluding hydrogens is 300 g/mol. The van der Waals surface area contributed by atoms with Crippen LogP contribution in [-0.2, 0) is 14.2 Å². The van der Waals surface area contributed by atoms with Crippen molar-refractivity contribution < 1.29 is 34.6 Å². The summed E-state index contributed by atoms with van der Waals surface area (Å²) in [5.74, 6) is 0. The molecule has 1 rings (SSSR count). The van der Waals surface area contributed by atoms with Crippen LogP contribution in [0.2, 0.25) is 0 Å². The quantitative estimate of drug-likeness (QED) is 0.349. The number of halogens is 1. The minimum absolute atomic E-state index is 0.346. The fourth-order valence-electron chi connectivity index (χ4n) is 1.48. The maximum atomic E-state index is 9.65. The highest BCUT2D eigenvalue weighted by Gasteiger charge is 2.44. The lowest BCUT2D eigenvalue weighted by Gasteiger charge is -2.40. The fourth-order valence-corrected chi connectivity index (χ4v) is 1.90. The second-order valence-electron chi connectivity index (χ2n) is 3.65. The van der Waals surface area contributed by atoms with Gasteiger partial charge in [0.25, 0.3) is 0 Å². The van der Waals surface area contributed by atoms with Gasteiger partial charge in [-0.3, -0.25) is 0 Å². The summed E-state index contributed by atoms with van der Waals surface area (Å²) in [7, 11) is 1.41. The Bertz CT molecular complexity index is 221. The molecule has 0 saturated carbocycles. The first-order chi connectivity index (χ1) is 8.04. The molecule has 6 atom stereocenters. The summed E-state index contributed by atoms with van der Waals surface area (Å²) >= 11 is 3.13. The average molecular weight is 317 g/mol. The smallest absolute Gasteiger partial charge is 0.189 e. The van der Waals surface area contributed by atoms with E-state index >= 15 is 0 Å². The molecule has 1 fully saturated rings. The topological polar surface area (TPSA) is 109 Å². The number of aliphatic hydroxyl groups is 4. The fraction of sp³-hybridized carbons (Fsp3) is 1.00. The van der Waals surface area contributed by atoms with Crippen LogP contribution in [0, 0.1) is 0 Å². The van der Waals surface area contributed by atoms with Gasteiger partial charge in [-0.25, -0.2) is 0 Å². The Morgan fingerprint density at radius 1 is 1.24 bits per heavy atom. The Hall–Kier alpha value is 0.200. The van der Waals surface area contributed by atoms with Crippen molar-refractivity contribution >= 4 is 15.9 Å². The third-order valence-corrected chi connectivity index (χ3v) is 3.05. The van der Waals surface area contributed by atoms with Crippen molar-refractivity contribution in [1.82, 2.24) is 0 Å². The lowest BCUT2D eigenvalue weighted by Crippen LogP contribution is -2.59. The van der Waals surface area contributed by atoms with Crippen molar-refractivity contribution in [1.29, 1.82) is 0 Å². The average Bonchev–Trinajstić information content (AvgIpc) is 2.35. The van der Waals surface area contributed by atoms with E-state index < -0.39 is 43.6 Å². The normalized spacial score (nSPS) is 40.2. The lowest BCUT2D eigenvalue weighted by molar-refractivity contribution is -0.330. The molecule has 17 heavy (non-hydrogen) atoms. The zero-order chi connectivity index (χ0) is 13.0. The summed E-state index contributed by atoms with van der Waals surface area (Å²) < 4.78 is 15.3. The van der Waals surface area contributed by atoms with Gasteiger partial charge in [-0.15, -0.1) is 0 Å². The van der Waals surface area contributed by atoms with Gasteiger partial charge in [-0.2, -0.15) is 0 Å². The highest BCUT2D eigenvalue weighted by molar-refractivity contribution is 9.09. The van der Waals surface area contributed by atoms with E-state index in [1.807, 2.05) is 0 Å². The van der Waals surface area contributed by atoms with Crippen LogP contribution in [-0.4, -0.2) is 76.5 Å². The monoisotopic (exact) mass is 316 g/mol. The minimum atomic E-state index is -1.45. The van der Waals surface area contributed by atoms with Gasteiger partial charge in [0.1, 0.15) is 24.4 Å². The van der Waals surface area contributed by atoms with Gasteiger partial charge < -0.3 is 34.6 Å². The summed E-state index contributed by atoms with van der Waals surface area (Å²) in [6.07, 6.45) is -7.07. The molecule has 1 aliphatic rings. The summed E-state index contributed by atoms with van der Waals surface area (Å²) in [6.45, 7) is -0.489. The Morgan fingerprint density at radius 3 is 2.35 bits per heavy atom. The van der Waals surface area contributed by atoms with Crippen molar-refractivity contribution in [2.75, 3.05) is 19.0 Å². The molecule has 102 valence electrons. The van der Waals surface area contributed by atoms with Gasteiger partial charge in [0.2, 0.25) is 0 Å². The molecule has 0 aromatic rings. The molecular formula is C9H17BrO7. The van der Waals surface area contributed by atoms with E-state index in [0.29, 0.717) is 5.33 Å². The Kier molecular flexibility index (Phi) is 6.24. The van der Waals surface area contributed by atoms with E-state index in [1.54, 1.807) is 0 Å². The maximum Gasteiger partial charge on any atom is 0.189 e. The number of methoxy groups -OCH3 is 1. The van der Waals surface area contributed by atoms with Crippen molar-refractivity contribution in [2.24, 2.45) is 0 Å². The van der Waals surface area contributed by atoms with Gasteiger partial charge in [0.15, 0.2) is 12.6 Å². The van der Waals surface area contributed by atoms with Crippen molar-refractivity contribution in [3.05, 3.63) is 0 Å². The predicted molar refractivity (Wildman–Crippen MR) is 59.4 cm³/mol. The molecule has 0 unspecified atom stereocenters. The second kappa shape index (κ2) is 6.95. The van der Waals surface area contributed by atoms with Crippen LogP contribution in [0.15, 0.2) is 0 Å². The number of aliphatic hydroxyl groups excluding tert-OH is 4. The summed E-state index contributed by atoms with van der Waals surface area (Å²) in [4.78, 5) is 0. The van der Waals surface area contributed by atoms with Crippen LogP contribution in [0.5, 0.6) is 0 Å². The molecule has 0 aromatic carbocycles. The van der Waals surface area contributed by atoms with Crippen LogP contribution in [0.25, 0.3) is 0 Å². The van der Waals surface area contributed by atoms with Gasteiger partial charge in [-0.05, 0) is 0 Å². The summed E-state index contributed by atoms with van der Waals surface area (Å²) in [5, 5.41) is 38.0. The Balaban J connectivity index is 2.65. The molecule has 0 radical (unpaired) electrons. The minimum Gasteiger partial charge on any atom is -0.394 e. The highest BCUT2D eigenvalue weighted by Crippen LogP contribution is 2.23.